The Morgan fingerprint density at radius 1 is 1.28 bits per heavy atom. The summed E-state index contributed by atoms with van der Waals surface area (Å²) in [6, 6.07) is 5.24. The topological polar surface area (TPSA) is 104 Å². The number of pyridine rings is 1. The van der Waals surface area contributed by atoms with Gasteiger partial charge in [0.15, 0.2) is 0 Å². The molecule has 0 saturated heterocycles. The minimum Gasteiger partial charge on any atom is -0.489 e. The summed E-state index contributed by atoms with van der Waals surface area (Å²) in [4.78, 5) is 27.0. The van der Waals surface area contributed by atoms with Crippen molar-refractivity contribution in [2.24, 2.45) is 11.7 Å². The first kappa shape index (κ1) is 23.4. The van der Waals surface area contributed by atoms with Crippen LogP contribution in [0.1, 0.15) is 38.3 Å². The molecule has 2 heterocycles. The quantitative estimate of drug-likeness (QED) is 0.643. The van der Waals surface area contributed by atoms with E-state index in [0.29, 0.717) is 23.4 Å². The van der Waals surface area contributed by atoms with Crippen LogP contribution in [0.5, 0.6) is 5.75 Å². The van der Waals surface area contributed by atoms with E-state index in [0.717, 1.165) is 6.07 Å². The molecule has 1 aromatic carbocycles. The van der Waals surface area contributed by atoms with Crippen LogP contribution in [0.15, 0.2) is 30.5 Å². The molecular formula is C22H24F3N3O4. The Morgan fingerprint density at radius 2 is 2.00 bits per heavy atom. The van der Waals surface area contributed by atoms with E-state index < -0.39 is 29.2 Å². The number of nitrogens with two attached hydrogens (primary N) is 1. The number of hydrogen-bond donors (Lipinski definition) is 2. The molecule has 10 heteroatoms. The Labute approximate surface area is 183 Å². The second-order valence-corrected chi connectivity index (χ2v) is 8.38. The average molecular weight is 451 g/mol. The smallest absolute Gasteiger partial charge is 0.419 e. The van der Waals surface area contributed by atoms with Crippen LogP contribution < -0.4 is 15.8 Å². The van der Waals surface area contributed by atoms with Gasteiger partial charge in [-0.05, 0) is 48.6 Å². The molecule has 2 amide bonds. The molecule has 1 atom stereocenters. The summed E-state index contributed by atoms with van der Waals surface area (Å²) in [6.07, 6.45) is -3.92. The minimum absolute atomic E-state index is 0.0378. The van der Waals surface area contributed by atoms with Crippen LogP contribution in [0.3, 0.4) is 0 Å². The van der Waals surface area contributed by atoms with Gasteiger partial charge in [-0.25, -0.2) is 9.78 Å². The van der Waals surface area contributed by atoms with Crippen molar-refractivity contribution >= 4 is 17.8 Å². The van der Waals surface area contributed by atoms with Crippen LogP contribution in [0, 0.1) is 5.92 Å². The van der Waals surface area contributed by atoms with Crippen LogP contribution in [0.2, 0.25) is 0 Å². The van der Waals surface area contributed by atoms with Gasteiger partial charge in [0.25, 0.3) is 0 Å². The van der Waals surface area contributed by atoms with Crippen molar-refractivity contribution in [2.45, 2.75) is 45.4 Å². The van der Waals surface area contributed by atoms with Crippen molar-refractivity contribution < 1.29 is 32.2 Å². The Morgan fingerprint density at radius 3 is 2.62 bits per heavy atom. The molecule has 0 aliphatic carbocycles. The molecule has 0 spiro atoms. The number of fused-ring (bicyclic) bond motifs is 1. The maximum atomic E-state index is 13.9. The number of nitrogens with zero attached hydrogens (tertiary/aromatic N) is 1. The molecule has 0 saturated carbocycles. The Hall–Kier alpha value is -3.30. The third-order valence-corrected chi connectivity index (χ3v) is 4.97. The molecule has 3 N–H and O–H groups in total. The number of nitrogens with one attached hydrogen (secondary N) is 1. The molecule has 0 unspecified atom stereocenters. The molecule has 0 radical (unpaired) electrons. The van der Waals surface area contributed by atoms with E-state index >= 15 is 0 Å². The summed E-state index contributed by atoms with van der Waals surface area (Å²) < 4.78 is 52.2. The summed E-state index contributed by atoms with van der Waals surface area (Å²) in [5.41, 5.74) is 4.25. The van der Waals surface area contributed by atoms with Gasteiger partial charge in [0.2, 0.25) is 5.91 Å². The number of aromatic nitrogens is 1. The van der Waals surface area contributed by atoms with Gasteiger partial charge in [-0.3, -0.25) is 4.79 Å². The monoisotopic (exact) mass is 451 g/mol. The second-order valence-electron chi connectivity index (χ2n) is 8.38. The number of benzene rings is 1. The molecule has 7 nitrogen and oxygen atoms in total. The number of rotatable bonds is 7. The normalized spacial score (nSPS) is 15.2. The maximum Gasteiger partial charge on any atom is 0.419 e. The van der Waals surface area contributed by atoms with Crippen LogP contribution in [-0.4, -0.2) is 29.2 Å². The lowest BCUT2D eigenvalue weighted by molar-refractivity contribution is -0.139. The number of primary amides is 1. The van der Waals surface area contributed by atoms with Gasteiger partial charge in [-0.15, -0.1) is 0 Å². The molecule has 2 aromatic rings. The molecule has 1 aromatic heterocycles. The fourth-order valence-electron chi connectivity index (χ4n) is 3.90. The molecular weight excluding hydrogens is 427 g/mol. The zero-order chi connectivity index (χ0) is 23.7. The predicted molar refractivity (Wildman–Crippen MR) is 111 cm³/mol. The minimum atomic E-state index is -4.70. The molecule has 1 aliphatic rings. The Bertz CT molecular complexity index is 1040. The standard InChI is InChI=1S/C22H24F3N3O4/c1-12(2)10-21(3,32-20(26)30)11-31-17-5-4-13(8-16(17)22(23,24)25)14-6-7-27-19-15(14)9-18(29)28-19/h4-8,12H,9-11H2,1-3H3,(H2,26,30)(H,27,28,29)/t21-/m0/s1. The first-order valence-corrected chi connectivity index (χ1v) is 9.98. The molecule has 0 fully saturated rings. The van der Waals surface area contributed by atoms with Crippen molar-refractivity contribution in [1.82, 2.24) is 4.98 Å². The van der Waals surface area contributed by atoms with E-state index in [9.17, 15) is 22.8 Å². The number of halogens is 3. The van der Waals surface area contributed by atoms with Crippen LogP contribution in [0.25, 0.3) is 11.1 Å². The number of ether oxygens (including phenoxy) is 2. The highest BCUT2D eigenvalue weighted by molar-refractivity contribution is 6.00. The van der Waals surface area contributed by atoms with E-state index in [1.807, 2.05) is 13.8 Å². The Kier molecular flexibility index (Phi) is 6.34. The lowest BCUT2D eigenvalue weighted by Crippen LogP contribution is -2.41. The number of hydrogen-bond acceptors (Lipinski definition) is 5. The summed E-state index contributed by atoms with van der Waals surface area (Å²) in [5.74, 6) is -0.244. The molecule has 1 aliphatic heterocycles. The first-order chi connectivity index (χ1) is 14.9. The van der Waals surface area contributed by atoms with Crippen LogP contribution >= 0.6 is 0 Å². The van der Waals surface area contributed by atoms with Crippen molar-refractivity contribution in [2.75, 3.05) is 11.9 Å². The van der Waals surface area contributed by atoms with Crippen molar-refractivity contribution in [3.05, 3.63) is 41.6 Å². The van der Waals surface area contributed by atoms with Crippen molar-refractivity contribution in [3.8, 4) is 16.9 Å². The molecule has 32 heavy (non-hydrogen) atoms. The van der Waals surface area contributed by atoms with Gasteiger partial charge in [0, 0.05) is 11.8 Å². The number of carbonyl (C=O) groups excluding carboxylic acids is 2. The number of anilines is 1. The lowest BCUT2D eigenvalue weighted by Gasteiger charge is -2.30. The van der Waals surface area contributed by atoms with Crippen molar-refractivity contribution in [1.29, 1.82) is 0 Å². The highest BCUT2D eigenvalue weighted by Gasteiger charge is 2.37. The number of carbonyl (C=O) groups is 2. The zero-order valence-corrected chi connectivity index (χ0v) is 17.9. The second kappa shape index (κ2) is 8.68. The van der Waals surface area contributed by atoms with Crippen LogP contribution in [0.4, 0.5) is 23.8 Å². The zero-order valence-electron chi connectivity index (χ0n) is 17.9. The van der Waals surface area contributed by atoms with E-state index in [-0.39, 0.29) is 30.4 Å². The lowest BCUT2D eigenvalue weighted by atomic mass is 9.94. The summed E-state index contributed by atoms with van der Waals surface area (Å²) in [6.45, 7) is 5.01. The summed E-state index contributed by atoms with van der Waals surface area (Å²) >= 11 is 0. The van der Waals surface area contributed by atoms with E-state index in [2.05, 4.69) is 10.3 Å². The molecule has 3 rings (SSSR count). The van der Waals surface area contributed by atoms with Crippen LogP contribution in [-0.2, 0) is 22.1 Å². The largest absolute Gasteiger partial charge is 0.489 e. The van der Waals surface area contributed by atoms with Crippen molar-refractivity contribution in [3.63, 3.8) is 0 Å². The molecule has 172 valence electrons. The third kappa shape index (κ3) is 5.30. The van der Waals surface area contributed by atoms with Gasteiger partial charge >= 0.3 is 12.3 Å². The van der Waals surface area contributed by atoms with Gasteiger partial charge in [0.05, 0.1) is 12.0 Å². The Balaban J connectivity index is 1.95. The highest BCUT2D eigenvalue weighted by atomic mass is 19.4. The number of alkyl halides is 3. The highest BCUT2D eigenvalue weighted by Crippen LogP contribution is 2.41. The fourth-order valence-corrected chi connectivity index (χ4v) is 3.90. The van der Waals surface area contributed by atoms with Gasteiger partial charge in [0.1, 0.15) is 23.8 Å². The van der Waals surface area contributed by atoms with Gasteiger partial charge in [-0.2, -0.15) is 13.2 Å². The molecule has 0 bridgehead atoms. The van der Waals surface area contributed by atoms with E-state index in [1.54, 1.807) is 13.0 Å². The van der Waals surface area contributed by atoms with Gasteiger partial charge in [-0.1, -0.05) is 19.9 Å². The van der Waals surface area contributed by atoms with Gasteiger partial charge < -0.3 is 20.5 Å². The van der Waals surface area contributed by atoms with E-state index in [1.165, 1.54) is 18.3 Å². The summed E-state index contributed by atoms with van der Waals surface area (Å²) in [7, 11) is 0. The SMILES string of the molecule is CC(C)C[C@@](C)(COc1ccc(-c2ccnc3c2CC(=O)N3)cc1C(F)(F)F)OC(N)=O. The first-order valence-electron chi connectivity index (χ1n) is 9.98. The third-order valence-electron chi connectivity index (χ3n) is 4.97. The fraction of sp³-hybridized carbons (Fsp3) is 0.409. The summed E-state index contributed by atoms with van der Waals surface area (Å²) in [5, 5.41) is 2.58. The predicted octanol–water partition coefficient (Wildman–Crippen LogP) is 4.54. The number of amides is 2. The van der Waals surface area contributed by atoms with E-state index in [4.69, 9.17) is 15.2 Å². The maximum absolute atomic E-state index is 13.9. The average Bonchev–Trinajstić information content (AvgIpc) is 3.04.